The van der Waals surface area contributed by atoms with Gasteiger partial charge in [-0.25, -0.2) is 0 Å². The zero-order valence-corrected chi connectivity index (χ0v) is 13.2. The lowest BCUT2D eigenvalue weighted by atomic mass is 10.1. The Kier molecular flexibility index (Phi) is 4.87. The summed E-state index contributed by atoms with van der Waals surface area (Å²) in [5, 5.41) is 2.90. The van der Waals surface area contributed by atoms with E-state index in [4.69, 9.17) is 0 Å². The molecule has 1 N–H and O–H groups in total. The largest absolute Gasteiger partial charge is 0.348 e. The second-order valence-electron chi connectivity index (χ2n) is 5.53. The van der Waals surface area contributed by atoms with Gasteiger partial charge in [-0.05, 0) is 29.3 Å². The lowest BCUT2D eigenvalue weighted by molar-refractivity contribution is 0.0951. The van der Waals surface area contributed by atoms with E-state index in [2.05, 4.69) is 5.32 Å². The summed E-state index contributed by atoms with van der Waals surface area (Å²) < 4.78 is 1.66. The second-order valence-corrected chi connectivity index (χ2v) is 5.53. The molecule has 0 bridgehead atoms. The minimum Gasteiger partial charge on any atom is -0.348 e. The first kappa shape index (κ1) is 15.7. The van der Waals surface area contributed by atoms with Gasteiger partial charge in [0.15, 0.2) is 0 Å². The Labute approximate surface area is 140 Å². The predicted octanol–water partition coefficient (Wildman–Crippen LogP) is 2.83. The van der Waals surface area contributed by atoms with Crippen LogP contribution in [0.2, 0.25) is 0 Å². The Bertz CT molecular complexity index is 868. The van der Waals surface area contributed by atoms with Crippen LogP contribution in [0.4, 0.5) is 0 Å². The zero-order valence-electron chi connectivity index (χ0n) is 13.2. The second kappa shape index (κ2) is 7.42. The fraction of sp³-hybridized carbons (Fsp3) is 0.100. The van der Waals surface area contributed by atoms with Crippen LogP contribution >= 0.6 is 0 Å². The maximum absolute atomic E-state index is 12.0. The highest BCUT2D eigenvalue weighted by molar-refractivity contribution is 5.94. The van der Waals surface area contributed by atoms with Gasteiger partial charge in [0.2, 0.25) is 0 Å². The molecule has 4 nitrogen and oxygen atoms in total. The van der Waals surface area contributed by atoms with Gasteiger partial charge in [-0.2, -0.15) is 0 Å². The Morgan fingerprint density at radius 2 is 1.50 bits per heavy atom. The standard InChI is InChI=1S/C20H18N2O2/c23-19-8-4-5-13-22(19)15-17-11-9-16(10-12-17)14-21-20(24)18-6-2-1-3-7-18/h1-13H,14-15H2,(H,21,24). The van der Waals surface area contributed by atoms with Crippen LogP contribution in [0.25, 0.3) is 0 Å². The van der Waals surface area contributed by atoms with Crippen molar-refractivity contribution in [2.45, 2.75) is 13.1 Å². The number of pyridine rings is 1. The number of amides is 1. The van der Waals surface area contributed by atoms with Gasteiger partial charge < -0.3 is 9.88 Å². The van der Waals surface area contributed by atoms with E-state index in [0.29, 0.717) is 18.7 Å². The smallest absolute Gasteiger partial charge is 0.251 e. The molecule has 0 saturated heterocycles. The number of nitrogens with one attached hydrogen (secondary N) is 1. The van der Waals surface area contributed by atoms with Crippen LogP contribution in [0.15, 0.2) is 83.8 Å². The minimum absolute atomic E-state index is 0.0169. The van der Waals surface area contributed by atoms with Crippen molar-refractivity contribution in [2.24, 2.45) is 0 Å². The predicted molar refractivity (Wildman–Crippen MR) is 93.9 cm³/mol. The number of rotatable bonds is 5. The number of benzene rings is 2. The quantitative estimate of drug-likeness (QED) is 0.786. The molecule has 1 heterocycles. The molecule has 1 aromatic heterocycles. The average molecular weight is 318 g/mol. The summed E-state index contributed by atoms with van der Waals surface area (Å²) in [6, 6.07) is 22.2. The number of nitrogens with zero attached hydrogens (tertiary/aromatic N) is 1. The van der Waals surface area contributed by atoms with Crippen LogP contribution in [0.1, 0.15) is 21.5 Å². The van der Waals surface area contributed by atoms with Crippen LogP contribution in [-0.2, 0) is 13.1 Å². The van der Waals surface area contributed by atoms with Gasteiger partial charge in [0.1, 0.15) is 0 Å². The summed E-state index contributed by atoms with van der Waals surface area (Å²) in [5.41, 5.74) is 2.69. The van der Waals surface area contributed by atoms with E-state index in [1.165, 1.54) is 0 Å². The van der Waals surface area contributed by atoms with Crippen molar-refractivity contribution in [2.75, 3.05) is 0 Å². The van der Waals surface area contributed by atoms with Gasteiger partial charge in [0.05, 0.1) is 6.54 Å². The van der Waals surface area contributed by atoms with E-state index in [1.54, 1.807) is 35.0 Å². The van der Waals surface area contributed by atoms with Crippen LogP contribution in [0.3, 0.4) is 0 Å². The number of carbonyl (C=O) groups is 1. The van der Waals surface area contributed by atoms with Crippen LogP contribution in [-0.4, -0.2) is 10.5 Å². The van der Waals surface area contributed by atoms with Crippen LogP contribution < -0.4 is 10.9 Å². The number of hydrogen-bond donors (Lipinski definition) is 1. The number of aromatic nitrogens is 1. The average Bonchev–Trinajstić information content (AvgIpc) is 2.63. The van der Waals surface area contributed by atoms with Gasteiger partial charge in [-0.15, -0.1) is 0 Å². The van der Waals surface area contributed by atoms with E-state index in [9.17, 15) is 9.59 Å². The van der Waals surface area contributed by atoms with Crippen molar-refractivity contribution in [3.8, 4) is 0 Å². The normalized spacial score (nSPS) is 10.3. The molecule has 0 aliphatic rings. The molecule has 0 atom stereocenters. The molecule has 3 rings (SSSR count). The third-order valence-corrected chi connectivity index (χ3v) is 3.76. The van der Waals surface area contributed by atoms with Crippen molar-refractivity contribution < 1.29 is 4.79 Å². The third-order valence-electron chi connectivity index (χ3n) is 3.76. The third kappa shape index (κ3) is 3.98. The van der Waals surface area contributed by atoms with Crippen molar-refractivity contribution in [3.05, 3.63) is 106 Å². The molecule has 4 heteroatoms. The molecular formula is C20H18N2O2. The molecule has 1 amide bonds. The zero-order chi connectivity index (χ0) is 16.8. The first-order valence-corrected chi connectivity index (χ1v) is 7.79. The van der Waals surface area contributed by atoms with E-state index < -0.39 is 0 Å². The van der Waals surface area contributed by atoms with Gasteiger partial charge in [0.25, 0.3) is 11.5 Å². The molecule has 0 fully saturated rings. The van der Waals surface area contributed by atoms with Crippen LogP contribution in [0.5, 0.6) is 0 Å². The summed E-state index contributed by atoms with van der Waals surface area (Å²) in [4.78, 5) is 23.7. The molecule has 0 aliphatic carbocycles. The van der Waals surface area contributed by atoms with E-state index in [1.807, 2.05) is 48.5 Å². The number of carbonyl (C=O) groups excluding carboxylic acids is 1. The molecule has 0 aliphatic heterocycles. The molecule has 24 heavy (non-hydrogen) atoms. The summed E-state index contributed by atoms with van der Waals surface area (Å²) in [6.07, 6.45) is 1.77. The van der Waals surface area contributed by atoms with Gasteiger partial charge in [0, 0.05) is 24.4 Å². The van der Waals surface area contributed by atoms with Gasteiger partial charge in [-0.1, -0.05) is 48.5 Å². The molecule has 0 spiro atoms. The molecule has 0 unspecified atom stereocenters. The topological polar surface area (TPSA) is 51.1 Å². The van der Waals surface area contributed by atoms with E-state index in [0.717, 1.165) is 11.1 Å². The highest BCUT2D eigenvalue weighted by Gasteiger charge is 2.04. The Balaban J connectivity index is 1.60. The van der Waals surface area contributed by atoms with Crippen molar-refractivity contribution in [1.29, 1.82) is 0 Å². The summed E-state index contributed by atoms with van der Waals surface area (Å²) in [6.45, 7) is 1.01. The van der Waals surface area contributed by atoms with Crippen LogP contribution in [0, 0.1) is 0 Å². The summed E-state index contributed by atoms with van der Waals surface area (Å²) in [7, 11) is 0. The Morgan fingerprint density at radius 1 is 0.833 bits per heavy atom. The van der Waals surface area contributed by atoms with Crippen molar-refractivity contribution >= 4 is 5.91 Å². The van der Waals surface area contributed by atoms with E-state index >= 15 is 0 Å². The van der Waals surface area contributed by atoms with Gasteiger partial charge >= 0.3 is 0 Å². The molecule has 0 saturated carbocycles. The lowest BCUT2D eigenvalue weighted by Crippen LogP contribution is -2.22. The summed E-state index contributed by atoms with van der Waals surface area (Å²) >= 11 is 0. The monoisotopic (exact) mass is 318 g/mol. The van der Waals surface area contributed by atoms with Crippen molar-refractivity contribution in [3.63, 3.8) is 0 Å². The maximum Gasteiger partial charge on any atom is 0.251 e. The molecular weight excluding hydrogens is 300 g/mol. The first-order valence-electron chi connectivity index (χ1n) is 7.79. The SMILES string of the molecule is O=C(NCc1ccc(Cn2ccccc2=O)cc1)c1ccccc1. The summed E-state index contributed by atoms with van der Waals surface area (Å²) in [5.74, 6) is -0.0875. The van der Waals surface area contributed by atoms with Gasteiger partial charge in [-0.3, -0.25) is 9.59 Å². The minimum atomic E-state index is -0.0875. The fourth-order valence-corrected chi connectivity index (χ4v) is 2.42. The van der Waals surface area contributed by atoms with Crippen molar-refractivity contribution in [1.82, 2.24) is 9.88 Å². The molecule has 120 valence electrons. The lowest BCUT2D eigenvalue weighted by Gasteiger charge is -2.08. The highest BCUT2D eigenvalue weighted by atomic mass is 16.1. The molecule has 2 aromatic carbocycles. The fourth-order valence-electron chi connectivity index (χ4n) is 2.42. The molecule has 3 aromatic rings. The highest BCUT2D eigenvalue weighted by Crippen LogP contribution is 2.06. The maximum atomic E-state index is 12.0. The Morgan fingerprint density at radius 3 is 2.21 bits per heavy atom. The molecule has 0 radical (unpaired) electrons. The van der Waals surface area contributed by atoms with E-state index in [-0.39, 0.29) is 11.5 Å². The number of hydrogen-bond acceptors (Lipinski definition) is 2. The Hall–Kier alpha value is -3.14. The first-order chi connectivity index (χ1) is 11.7.